The normalized spacial score (nSPS) is 10.2. The molecule has 0 saturated heterocycles. The van der Waals surface area contributed by atoms with Gasteiger partial charge in [0.2, 0.25) is 0 Å². The molecule has 0 aliphatic rings. The third kappa shape index (κ3) is 2.96. The molecule has 1 aromatic heterocycles. The molecule has 1 amide bonds. The number of H-pyrrole nitrogens is 1. The van der Waals surface area contributed by atoms with Crippen LogP contribution in [0.4, 0.5) is 10.2 Å². The Hall–Kier alpha value is -1.80. The van der Waals surface area contributed by atoms with E-state index in [9.17, 15) is 9.18 Å². The minimum Gasteiger partial charge on any atom is -0.389 e. The van der Waals surface area contributed by atoms with Crippen molar-refractivity contribution in [3.8, 4) is 0 Å². The van der Waals surface area contributed by atoms with Crippen LogP contribution in [0.1, 0.15) is 15.9 Å². The fourth-order valence-electron chi connectivity index (χ4n) is 1.42. The smallest absolute Gasteiger partial charge is 0.259 e. The summed E-state index contributed by atoms with van der Waals surface area (Å²) in [5.41, 5.74) is 5.75. The zero-order valence-electron chi connectivity index (χ0n) is 9.41. The van der Waals surface area contributed by atoms with E-state index in [1.807, 2.05) is 0 Å². The van der Waals surface area contributed by atoms with Crippen molar-refractivity contribution in [2.24, 2.45) is 5.73 Å². The lowest BCUT2D eigenvalue weighted by Gasteiger charge is -2.06. The van der Waals surface area contributed by atoms with Crippen molar-refractivity contribution in [1.29, 1.82) is 0 Å². The zero-order chi connectivity index (χ0) is 14.0. The maximum Gasteiger partial charge on any atom is 0.259 e. The Morgan fingerprint density at radius 1 is 1.47 bits per heavy atom. The van der Waals surface area contributed by atoms with Gasteiger partial charge in [0.25, 0.3) is 5.91 Å². The number of carbonyl (C=O) groups excluding carboxylic acids is 1. The third-order valence-electron chi connectivity index (χ3n) is 2.32. The van der Waals surface area contributed by atoms with Gasteiger partial charge in [-0.3, -0.25) is 9.89 Å². The van der Waals surface area contributed by atoms with Gasteiger partial charge in [0.05, 0.1) is 17.3 Å². The second kappa shape index (κ2) is 5.45. The molecule has 4 N–H and O–H groups in total. The molecule has 0 bridgehead atoms. The molecule has 2 rings (SSSR count). The molecule has 0 saturated carbocycles. The molecule has 0 radical (unpaired) electrons. The highest BCUT2D eigenvalue weighted by Crippen LogP contribution is 2.18. The van der Waals surface area contributed by atoms with Crippen LogP contribution in [-0.4, -0.2) is 21.1 Å². The van der Waals surface area contributed by atoms with Crippen LogP contribution in [0.3, 0.4) is 0 Å². The van der Waals surface area contributed by atoms with E-state index in [1.54, 1.807) is 0 Å². The van der Waals surface area contributed by atoms with Crippen molar-refractivity contribution in [3.05, 3.63) is 45.8 Å². The first kappa shape index (κ1) is 13.6. The Balaban J connectivity index is 2.28. The lowest BCUT2D eigenvalue weighted by molar-refractivity contribution is 0.102. The van der Waals surface area contributed by atoms with Crippen molar-refractivity contribution in [2.75, 3.05) is 5.32 Å². The molecule has 1 heterocycles. The number of nitrogens with one attached hydrogen (secondary N) is 2. The van der Waals surface area contributed by atoms with Gasteiger partial charge in [-0.05, 0) is 18.2 Å². The lowest BCUT2D eigenvalue weighted by Crippen LogP contribution is -2.18. The van der Waals surface area contributed by atoms with Gasteiger partial charge in [-0.25, -0.2) is 4.39 Å². The number of aromatic nitrogens is 2. The number of halogens is 2. The Morgan fingerprint density at radius 2 is 2.21 bits per heavy atom. The summed E-state index contributed by atoms with van der Waals surface area (Å²) in [5.74, 6) is -1.02. The van der Waals surface area contributed by atoms with Crippen molar-refractivity contribution in [2.45, 2.75) is 0 Å². The number of nitrogens with zero attached hydrogens (tertiary/aromatic N) is 1. The number of nitrogens with two attached hydrogens (primary N) is 1. The minimum atomic E-state index is -0.628. The number of thiocarbonyl (C=S) groups is 1. The summed E-state index contributed by atoms with van der Waals surface area (Å²) < 4.78 is 14.1. The summed E-state index contributed by atoms with van der Waals surface area (Å²) in [5, 5.41) is 8.73. The number of carbonyl (C=O) groups is 1. The summed E-state index contributed by atoms with van der Waals surface area (Å²) in [6, 6.07) is 4.07. The monoisotopic (exact) mass is 342 g/mol. The average Bonchev–Trinajstić information content (AvgIpc) is 2.80. The maximum absolute atomic E-state index is 13.5. The largest absolute Gasteiger partial charge is 0.389 e. The van der Waals surface area contributed by atoms with Gasteiger partial charge in [0, 0.05) is 4.47 Å². The highest BCUT2D eigenvalue weighted by Gasteiger charge is 2.16. The van der Waals surface area contributed by atoms with Crippen LogP contribution in [-0.2, 0) is 0 Å². The highest BCUT2D eigenvalue weighted by atomic mass is 79.9. The van der Waals surface area contributed by atoms with E-state index < -0.39 is 11.7 Å². The van der Waals surface area contributed by atoms with Gasteiger partial charge in [-0.2, -0.15) is 5.10 Å². The predicted molar refractivity (Wildman–Crippen MR) is 76.5 cm³/mol. The fraction of sp³-hybridized carbons (Fsp3) is 0. The fourth-order valence-corrected chi connectivity index (χ4v) is 1.94. The number of rotatable bonds is 3. The predicted octanol–water partition coefficient (Wildman–Crippen LogP) is 2.20. The number of hydrogen-bond acceptors (Lipinski definition) is 3. The summed E-state index contributed by atoms with van der Waals surface area (Å²) in [4.78, 5) is 12.0. The van der Waals surface area contributed by atoms with E-state index in [2.05, 4.69) is 31.4 Å². The highest BCUT2D eigenvalue weighted by molar-refractivity contribution is 9.10. The third-order valence-corrected chi connectivity index (χ3v) is 3.03. The average molecular weight is 343 g/mol. The Labute approximate surface area is 121 Å². The number of anilines is 1. The summed E-state index contributed by atoms with van der Waals surface area (Å²) >= 11 is 7.98. The van der Waals surface area contributed by atoms with E-state index >= 15 is 0 Å². The second-order valence-electron chi connectivity index (χ2n) is 3.60. The molecule has 1 aromatic carbocycles. The van der Waals surface area contributed by atoms with Crippen LogP contribution >= 0.6 is 28.1 Å². The molecular formula is C11H8BrFN4OS. The molecule has 98 valence electrons. The topological polar surface area (TPSA) is 83.8 Å². The molecule has 0 aliphatic heterocycles. The van der Waals surface area contributed by atoms with Gasteiger partial charge in [-0.15, -0.1) is 0 Å². The van der Waals surface area contributed by atoms with Gasteiger partial charge in [0.15, 0.2) is 0 Å². The SMILES string of the molecule is NC(=S)c1cn[nH]c1NC(=O)c1cc(Br)ccc1F. The van der Waals surface area contributed by atoms with Gasteiger partial charge in [-0.1, -0.05) is 28.1 Å². The molecule has 5 nitrogen and oxygen atoms in total. The Kier molecular flexibility index (Phi) is 3.91. The van der Waals surface area contributed by atoms with E-state index in [0.29, 0.717) is 10.0 Å². The van der Waals surface area contributed by atoms with Crippen LogP contribution in [0.2, 0.25) is 0 Å². The van der Waals surface area contributed by atoms with Crippen LogP contribution < -0.4 is 11.1 Å². The van der Waals surface area contributed by atoms with E-state index in [0.717, 1.165) is 0 Å². The quantitative estimate of drug-likeness (QED) is 0.746. The molecule has 19 heavy (non-hydrogen) atoms. The molecule has 2 aromatic rings. The van der Waals surface area contributed by atoms with Crippen LogP contribution in [0, 0.1) is 5.82 Å². The van der Waals surface area contributed by atoms with Crippen LogP contribution in [0.25, 0.3) is 0 Å². The number of amides is 1. The molecule has 0 aliphatic carbocycles. The molecule has 0 unspecified atom stereocenters. The molecule has 0 fully saturated rings. The molecule has 8 heteroatoms. The summed E-state index contributed by atoms with van der Waals surface area (Å²) in [6.07, 6.45) is 1.38. The standard InChI is InChI=1S/C11H8BrFN4OS/c12-5-1-2-8(13)6(3-5)11(18)16-10-7(9(14)19)4-15-17-10/h1-4H,(H2,14,19)(H2,15,16,17,18). The number of aromatic amines is 1. The van der Waals surface area contributed by atoms with Gasteiger partial charge < -0.3 is 11.1 Å². The Bertz CT molecular complexity index is 658. The van der Waals surface area contributed by atoms with Crippen molar-refractivity contribution in [3.63, 3.8) is 0 Å². The van der Waals surface area contributed by atoms with Crippen molar-refractivity contribution in [1.82, 2.24) is 10.2 Å². The number of hydrogen-bond donors (Lipinski definition) is 3. The molecule has 0 spiro atoms. The summed E-state index contributed by atoms with van der Waals surface area (Å²) in [6.45, 7) is 0. The van der Waals surface area contributed by atoms with Crippen molar-refractivity contribution >= 4 is 44.9 Å². The first-order valence-electron chi connectivity index (χ1n) is 5.08. The number of benzene rings is 1. The van der Waals surface area contributed by atoms with Gasteiger partial charge in [0.1, 0.15) is 16.6 Å². The van der Waals surface area contributed by atoms with Crippen molar-refractivity contribution < 1.29 is 9.18 Å². The first-order chi connectivity index (χ1) is 8.99. The van der Waals surface area contributed by atoms with E-state index in [4.69, 9.17) is 18.0 Å². The lowest BCUT2D eigenvalue weighted by atomic mass is 10.2. The second-order valence-corrected chi connectivity index (χ2v) is 4.96. The maximum atomic E-state index is 13.5. The summed E-state index contributed by atoms with van der Waals surface area (Å²) in [7, 11) is 0. The van der Waals surface area contributed by atoms with E-state index in [1.165, 1.54) is 24.4 Å². The molecular weight excluding hydrogens is 335 g/mol. The Morgan fingerprint density at radius 3 is 2.89 bits per heavy atom. The van der Waals surface area contributed by atoms with Gasteiger partial charge >= 0.3 is 0 Å². The van der Waals surface area contributed by atoms with E-state index in [-0.39, 0.29) is 16.4 Å². The minimum absolute atomic E-state index is 0.0822. The van der Waals surface area contributed by atoms with Crippen LogP contribution in [0.5, 0.6) is 0 Å². The van der Waals surface area contributed by atoms with Crippen LogP contribution in [0.15, 0.2) is 28.9 Å². The zero-order valence-corrected chi connectivity index (χ0v) is 11.8. The first-order valence-corrected chi connectivity index (χ1v) is 6.28. The molecule has 0 atom stereocenters.